The van der Waals surface area contributed by atoms with Gasteiger partial charge in [-0.2, -0.15) is 0 Å². The number of ketones is 1. The molecule has 0 aromatic heterocycles. The third kappa shape index (κ3) is 15.2. The molecule has 0 bridgehead atoms. The number of hydrogen-bond donors (Lipinski definition) is 9. The summed E-state index contributed by atoms with van der Waals surface area (Å²) in [5, 5.41) is 16.6. The second kappa shape index (κ2) is 22.9. The Morgan fingerprint density at radius 2 is 1.30 bits per heavy atom. The van der Waals surface area contributed by atoms with Crippen molar-refractivity contribution in [3.63, 3.8) is 0 Å². The summed E-state index contributed by atoms with van der Waals surface area (Å²) in [7, 11) is 0. The van der Waals surface area contributed by atoms with Crippen LogP contribution in [-0.4, -0.2) is 84.8 Å². The van der Waals surface area contributed by atoms with Crippen molar-refractivity contribution in [2.24, 2.45) is 23.1 Å². The minimum absolute atomic E-state index is 0.0819. The van der Waals surface area contributed by atoms with Gasteiger partial charge in [0.25, 0.3) is 0 Å². The van der Waals surface area contributed by atoms with E-state index in [-0.39, 0.29) is 37.5 Å². The van der Waals surface area contributed by atoms with E-state index in [1.807, 2.05) is 6.07 Å². The normalized spacial score (nSPS) is 23.0. The molecule has 6 amide bonds. The van der Waals surface area contributed by atoms with E-state index in [1.165, 1.54) is 0 Å². The van der Waals surface area contributed by atoms with Gasteiger partial charge in [0.05, 0.1) is 0 Å². The number of carbonyl (C=O) groups is 7. The fraction of sp³-hybridized carbons (Fsp3) is 0.488. The summed E-state index contributed by atoms with van der Waals surface area (Å²) in [4.78, 5) is 92.7. The molecule has 308 valence electrons. The van der Waals surface area contributed by atoms with Crippen molar-refractivity contribution < 1.29 is 33.6 Å². The van der Waals surface area contributed by atoms with E-state index in [9.17, 15) is 33.6 Å². The molecular weight excluding hydrogens is 731 g/mol. The van der Waals surface area contributed by atoms with Crippen molar-refractivity contribution in [2.45, 2.75) is 108 Å². The molecule has 16 nitrogen and oxygen atoms in total. The van der Waals surface area contributed by atoms with Crippen LogP contribution in [-0.2, 0) is 35.2 Å². The Morgan fingerprint density at radius 3 is 1.96 bits per heavy atom. The van der Waals surface area contributed by atoms with E-state index in [1.54, 1.807) is 48.5 Å². The van der Waals surface area contributed by atoms with Crippen LogP contribution >= 0.6 is 0 Å². The van der Waals surface area contributed by atoms with Gasteiger partial charge in [-0.15, -0.1) is 0 Å². The summed E-state index contributed by atoms with van der Waals surface area (Å²) in [5.41, 5.74) is 18.4. The van der Waals surface area contributed by atoms with Crippen molar-refractivity contribution in [3.05, 3.63) is 83.4 Å². The lowest BCUT2D eigenvalue weighted by molar-refractivity contribution is -0.133. The van der Waals surface area contributed by atoms with E-state index in [0.717, 1.165) is 44.3 Å². The van der Waals surface area contributed by atoms with Gasteiger partial charge < -0.3 is 43.8 Å². The van der Waals surface area contributed by atoms with Crippen molar-refractivity contribution in [3.8, 4) is 0 Å². The van der Waals surface area contributed by atoms with Crippen molar-refractivity contribution in [2.75, 3.05) is 13.1 Å². The highest BCUT2D eigenvalue weighted by Gasteiger charge is 2.32. The highest BCUT2D eigenvalue weighted by molar-refractivity contribution is 6.09. The number of nitrogens with one attached hydrogen (secondary N) is 6. The van der Waals surface area contributed by atoms with Crippen LogP contribution in [0.4, 0.5) is 0 Å². The Labute approximate surface area is 333 Å². The molecule has 2 aromatic carbocycles. The number of nitrogens with two attached hydrogens (primary N) is 3. The Morgan fingerprint density at radius 1 is 0.684 bits per heavy atom. The van der Waals surface area contributed by atoms with Crippen molar-refractivity contribution >= 4 is 41.2 Å². The Balaban J connectivity index is 1.62. The van der Waals surface area contributed by atoms with Crippen molar-refractivity contribution in [1.82, 2.24) is 31.9 Å². The zero-order chi connectivity index (χ0) is 41.2. The Kier molecular flexibility index (Phi) is 17.8. The maximum absolute atomic E-state index is 14.2. The maximum Gasteiger partial charge on any atom is 0.244 e. The molecule has 0 spiro atoms. The van der Waals surface area contributed by atoms with E-state index < -0.39 is 65.9 Å². The second-order valence-corrected chi connectivity index (χ2v) is 14.7. The number of primary amides is 1. The molecule has 4 atom stereocenters. The highest BCUT2D eigenvalue weighted by Crippen LogP contribution is 2.27. The van der Waals surface area contributed by atoms with Crippen LogP contribution in [0.1, 0.15) is 92.1 Å². The van der Waals surface area contributed by atoms with Crippen LogP contribution < -0.4 is 49.1 Å². The van der Waals surface area contributed by atoms with Crippen LogP contribution in [0.25, 0.3) is 0 Å². The Hall–Kier alpha value is -5.45. The molecule has 0 radical (unpaired) electrons. The zero-order valence-corrected chi connectivity index (χ0v) is 32.3. The van der Waals surface area contributed by atoms with Crippen LogP contribution in [0.5, 0.6) is 0 Å². The van der Waals surface area contributed by atoms with Gasteiger partial charge in [-0.1, -0.05) is 86.7 Å². The first-order valence-corrected chi connectivity index (χ1v) is 19.8. The standard InChI is InChI=1S/C41H57N9O7/c42-37(54)30-14-7-8-22-45-38(55)32(25-27-16-18-29(19-17-27)36(53)28-12-5-2-6-13-28)49-40(57)33(24-26-10-3-1-4-11-26)50-39(56)31(15-9-23-46-41(43)44)48-35(52)21-20-34(51)47-30/h2,5-6,12-13,16-21,26,30-33,41,46H,1,3-4,7-11,14-15,22-25,43-44H2,(H2,42,54)(H,45,55)(H,47,51)(H,48,52)(H,49,57)(H,50,56)/b21-20+/t30?,31-,32+,33?/m0/s1. The summed E-state index contributed by atoms with van der Waals surface area (Å²) in [6, 6.07) is 11.4. The lowest BCUT2D eigenvalue weighted by Gasteiger charge is -2.29. The third-order valence-electron chi connectivity index (χ3n) is 10.2. The summed E-state index contributed by atoms with van der Waals surface area (Å²) in [6.07, 6.45) is 7.87. The fourth-order valence-corrected chi connectivity index (χ4v) is 7.05. The molecule has 2 aromatic rings. The lowest BCUT2D eigenvalue weighted by atomic mass is 9.84. The number of rotatable bonds is 12. The maximum atomic E-state index is 14.2. The molecule has 2 aliphatic rings. The predicted molar refractivity (Wildman–Crippen MR) is 214 cm³/mol. The predicted octanol–water partition coefficient (Wildman–Crippen LogP) is 0.282. The van der Waals surface area contributed by atoms with Gasteiger partial charge in [0.1, 0.15) is 30.5 Å². The molecule has 1 fully saturated rings. The van der Waals surface area contributed by atoms with Gasteiger partial charge in [0, 0.05) is 36.2 Å². The molecular formula is C41H57N9O7. The SMILES string of the molecule is NC(=O)C1CCCCNC(=O)[C@@H](Cc2ccc(C(=O)c3ccccc3)cc2)NC(=O)C(CC2CCCCC2)NC(=O)[C@H](CCCNC(N)N)NC(=O)/C=C/C(=O)N1. The van der Waals surface area contributed by atoms with Crippen molar-refractivity contribution in [1.29, 1.82) is 0 Å². The monoisotopic (exact) mass is 787 g/mol. The first-order valence-electron chi connectivity index (χ1n) is 19.8. The number of hydrogen-bond acceptors (Lipinski definition) is 10. The Bertz CT molecular complexity index is 1710. The summed E-state index contributed by atoms with van der Waals surface area (Å²) >= 11 is 0. The zero-order valence-electron chi connectivity index (χ0n) is 32.3. The van der Waals surface area contributed by atoms with Crippen LogP contribution in [0.2, 0.25) is 0 Å². The van der Waals surface area contributed by atoms with Gasteiger partial charge >= 0.3 is 0 Å². The minimum atomic E-state index is -1.12. The van der Waals surface area contributed by atoms with Gasteiger partial charge in [-0.05, 0) is 56.6 Å². The van der Waals surface area contributed by atoms with E-state index in [0.29, 0.717) is 48.9 Å². The first kappa shape index (κ1) is 44.3. The number of benzene rings is 2. The molecule has 1 aliphatic heterocycles. The highest BCUT2D eigenvalue weighted by atomic mass is 16.2. The van der Waals surface area contributed by atoms with Gasteiger partial charge in [-0.25, -0.2) is 0 Å². The van der Waals surface area contributed by atoms with E-state index >= 15 is 0 Å². The molecule has 4 rings (SSSR count). The van der Waals surface area contributed by atoms with E-state index in [2.05, 4.69) is 31.9 Å². The molecule has 1 saturated carbocycles. The van der Waals surface area contributed by atoms with Crippen LogP contribution in [0.15, 0.2) is 66.7 Å². The molecule has 57 heavy (non-hydrogen) atoms. The average molecular weight is 788 g/mol. The average Bonchev–Trinajstić information content (AvgIpc) is 3.20. The summed E-state index contributed by atoms with van der Waals surface area (Å²) < 4.78 is 0. The largest absolute Gasteiger partial charge is 0.368 e. The quantitative estimate of drug-likeness (QED) is 0.0806. The molecule has 0 saturated heterocycles. The minimum Gasteiger partial charge on any atom is -0.368 e. The number of carbonyl (C=O) groups excluding carboxylic acids is 7. The first-order chi connectivity index (χ1) is 27.4. The lowest BCUT2D eigenvalue weighted by Crippen LogP contribution is -2.57. The summed E-state index contributed by atoms with van der Waals surface area (Å²) in [6.45, 7) is 0.525. The summed E-state index contributed by atoms with van der Waals surface area (Å²) in [5.74, 6) is -3.90. The third-order valence-corrected chi connectivity index (χ3v) is 10.2. The number of amides is 6. The van der Waals surface area contributed by atoms with Crippen LogP contribution in [0.3, 0.4) is 0 Å². The molecule has 1 aliphatic carbocycles. The van der Waals surface area contributed by atoms with E-state index in [4.69, 9.17) is 17.2 Å². The molecule has 12 N–H and O–H groups in total. The van der Waals surface area contributed by atoms with Gasteiger partial charge in [0.15, 0.2) is 5.78 Å². The molecule has 2 unspecified atom stereocenters. The second-order valence-electron chi connectivity index (χ2n) is 14.7. The molecule has 16 heteroatoms. The topological polar surface area (TPSA) is 270 Å². The smallest absolute Gasteiger partial charge is 0.244 e. The van der Waals surface area contributed by atoms with Crippen LogP contribution in [0, 0.1) is 5.92 Å². The van der Waals surface area contributed by atoms with Gasteiger partial charge in [-0.3, -0.25) is 38.9 Å². The van der Waals surface area contributed by atoms with Gasteiger partial charge in [0.2, 0.25) is 35.4 Å². The fourth-order valence-electron chi connectivity index (χ4n) is 7.05. The molecule has 1 heterocycles.